The van der Waals surface area contributed by atoms with Gasteiger partial charge in [0.05, 0.1) is 15.3 Å². The third-order valence-corrected chi connectivity index (χ3v) is 8.21. The van der Waals surface area contributed by atoms with Crippen molar-refractivity contribution in [2.75, 3.05) is 0 Å². The molecule has 2 unspecified atom stereocenters. The summed E-state index contributed by atoms with van der Waals surface area (Å²) in [5.41, 5.74) is 2.01. The van der Waals surface area contributed by atoms with Crippen molar-refractivity contribution in [2.24, 2.45) is 0 Å². The quantitative estimate of drug-likeness (QED) is 0.581. The van der Waals surface area contributed by atoms with E-state index in [1.54, 1.807) is 3.97 Å². The van der Waals surface area contributed by atoms with Crippen molar-refractivity contribution in [2.45, 2.75) is 67.7 Å². The fourth-order valence-corrected chi connectivity index (χ4v) is 6.58. The van der Waals surface area contributed by atoms with Gasteiger partial charge in [-0.25, -0.2) is 13.1 Å². The molecule has 1 aliphatic rings. The zero-order valence-corrected chi connectivity index (χ0v) is 18.6. The van der Waals surface area contributed by atoms with E-state index in [4.69, 9.17) is 0 Å². The van der Waals surface area contributed by atoms with Gasteiger partial charge in [-0.15, -0.1) is 0 Å². The predicted octanol–water partition coefficient (Wildman–Crippen LogP) is 5.28. The second-order valence-electron chi connectivity index (χ2n) is 8.00. The molecule has 4 rings (SSSR count). The highest BCUT2D eigenvalue weighted by atomic mass is 32.2. The standard InChI is InChI=1S/C23H28N2O2S2/c1-17(2)20-14-9-15-21-23(20)22(28(26)24-18-10-5-3-6-11-18)16-25(21)29(27)19-12-7-4-8-13-19/h4,7-9,12-18,24H,3,5-6,10-11H2,1-2H3. The summed E-state index contributed by atoms with van der Waals surface area (Å²) in [5.74, 6) is 0.283. The number of hydrogen-bond donors (Lipinski definition) is 1. The van der Waals surface area contributed by atoms with Gasteiger partial charge in [-0.2, -0.15) is 0 Å². The van der Waals surface area contributed by atoms with E-state index in [2.05, 4.69) is 24.6 Å². The van der Waals surface area contributed by atoms with Crippen molar-refractivity contribution in [3.05, 3.63) is 60.3 Å². The first-order valence-electron chi connectivity index (χ1n) is 10.4. The van der Waals surface area contributed by atoms with Crippen LogP contribution in [0.1, 0.15) is 57.4 Å². The SMILES string of the molecule is CC(C)c1cccc2c1c(S(=O)NC1CCCCC1)cn2S(=O)c1ccccc1. The Hall–Kier alpha value is -1.76. The van der Waals surface area contributed by atoms with E-state index in [0.717, 1.165) is 39.1 Å². The minimum atomic E-state index is -1.39. The largest absolute Gasteiger partial charge is 0.261 e. The second kappa shape index (κ2) is 8.94. The number of benzene rings is 2. The molecular formula is C23H28N2O2S2. The zero-order chi connectivity index (χ0) is 20.4. The first-order chi connectivity index (χ1) is 14.1. The molecule has 1 fully saturated rings. The van der Waals surface area contributed by atoms with Crippen molar-refractivity contribution in [3.8, 4) is 0 Å². The molecule has 2 atom stereocenters. The van der Waals surface area contributed by atoms with Crippen LogP contribution in [0.15, 0.2) is 64.5 Å². The average molecular weight is 429 g/mol. The summed E-state index contributed by atoms with van der Waals surface area (Å²) in [6, 6.07) is 15.8. The number of nitrogens with one attached hydrogen (secondary N) is 1. The fourth-order valence-electron chi connectivity index (χ4n) is 4.09. The lowest BCUT2D eigenvalue weighted by Crippen LogP contribution is -2.32. The third kappa shape index (κ3) is 4.25. The Morgan fingerprint density at radius 1 is 0.966 bits per heavy atom. The molecule has 6 heteroatoms. The lowest BCUT2D eigenvalue weighted by molar-refractivity contribution is 0.419. The van der Waals surface area contributed by atoms with Gasteiger partial charge in [0.1, 0.15) is 11.0 Å². The summed E-state index contributed by atoms with van der Waals surface area (Å²) < 4.78 is 31.8. The molecule has 1 aromatic heterocycles. The van der Waals surface area contributed by atoms with Crippen LogP contribution in [0.3, 0.4) is 0 Å². The van der Waals surface area contributed by atoms with Crippen LogP contribution < -0.4 is 4.72 Å². The molecular weight excluding hydrogens is 400 g/mol. The second-order valence-corrected chi connectivity index (χ2v) is 10.6. The minimum absolute atomic E-state index is 0.283. The number of aromatic nitrogens is 1. The van der Waals surface area contributed by atoms with Crippen LogP contribution in [0.5, 0.6) is 0 Å². The lowest BCUT2D eigenvalue weighted by atomic mass is 9.96. The van der Waals surface area contributed by atoms with Gasteiger partial charge in [0.2, 0.25) is 0 Å². The van der Waals surface area contributed by atoms with Crippen LogP contribution in [-0.2, 0) is 22.0 Å². The lowest BCUT2D eigenvalue weighted by Gasteiger charge is -2.22. The van der Waals surface area contributed by atoms with Gasteiger partial charge < -0.3 is 0 Å². The Morgan fingerprint density at radius 3 is 2.38 bits per heavy atom. The zero-order valence-electron chi connectivity index (χ0n) is 17.0. The van der Waals surface area contributed by atoms with Crippen molar-refractivity contribution in [3.63, 3.8) is 0 Å². The Morgan fingerprint density at radius 2 is 1.69 bits per heavy atom. The monoisotopic (exact) mass is 428 g/mol. The van der Waals surface area contributed by atoms with Gasteiger partial charge in [-0.1, -0.05) is 63.4 Å². The maximum absolute atomic E-state index is 13.4. The molecule has 1 N–H and O–H groups in total. The topological polar surface area (TPSA) is 51.1 Å². The molecule has 0 saturated heterocycles. The summed E-state index contributed by atoms with van der Waals surface area (Å²) in [6.07, 6.45) is 7.59. The average Bonchev–Trinajstić information content (AvgIpc) is 3.14. The number of hydrogen-bond acceptors (Lipinski definition) is 2. The summed E-state index contributed by atoms with van der Waals surface area (Å²) >= 11 is 0. The van der Waals surface area contributed by atoms with Crippen molar-refractivity contribution < 1.29 is 8.42 Å². The van der Waals surface area contributed by atoms with Crippen LogP contribution in [0.25, 0.3) is 10.9 Å². The van der Waals surface area contributed by atoms with E-state index < -0.39 is 22.0 Å². The highest BCUT2D eigenvalue weighted by Gasteiger charge is 2.23. The maximum Gasteiger partial charge on any atom is 0.157 e. The molecule has 0 aliphatic heterocycles. The van der Waals surface area contributed by atoms with E-state index in [0.29, 0.717) is 0 Å². The van der Waals surface area contributed by atoms with Crippen LogP contribution >= 0.6 is 0 Å². The summed E-state index contributed by atoms with van der Waals surface area (Å²) in [5, 5.41) is 0.966. The molecule has 0 spiro atoms. The van der Waals surface area contributed by atoms with Gasteiger partial charge in [0.25, 0.3) is 0 Å². The smallest absolute Gasteiger partial charge is 0.157 e. The molecule has 1 aliphatic carbocycles. The molecule has 154 valence electrons. The van der Waals surface area contributed by atoms with Crippen LogP contribution in [0.2, 0.25) is 0 Å². The van der Waals surface area contributed by atoms with Crippen LogP contribution in [0, 0.1) is 0 Å². The normalized spacial score (nSPS) is 17.6. The highest BCUT2D eigenvalue weighted by molar-refractivity contribution is 7.84. The van der Waals surface area contributed by atoms with Crippen molar-refractivity contribution in [1.82, 2.24) is 8.69 Å². The molecule has 2 aromatic carbocycles. The first-order valence-corrected chi connectivity index (χ1v) is 12.6. The molecule has 4 nitrogen and oxygen atoms in total. The van der Waals surface area contributed by atoms with Gasteiger partial charge in [-0.05, 0) is 42.5 Å². The van der Waals surface area contributed by atoms with E-state index in [1.165, 1.54) is 19.3 Å². The molecule has 1 saturated carbocycles. The Bertz CT molecular complexity index is 1040. The highest BCUT2D eigenvalue weighted by Crippen LogP contribution is 2.33. The van der Waals surface area contributed by atoms with Gasteiger partial charge in [0.15, 0.2) is 11.0 Å². The summed E-state index contributed by atoms with van der Waals surface area (Å²) in [6.45, 7) is 4.28. The first kappa shape index (κ1) is 20.5. The van der Waals surface area contributed by atoms with Crippen LogP contribution in [0.4, 0.5) is 0 Å². The summed E-state index contributed by atoms with van der Waals surface area (Å²) in [7, 11) is -2.73. The minimum Gasteiger partial charge on any atom is -0.261 e. The Labute approximate surface area is 177 Å². The van der Waals surface area contributed by atoms with Crippen molar-refractivity contribution >= 4 is 32.9 Å². The molecule has 0 radical (unpaired) electrons. The van der Waals surface area contributed by atoms with Gasteiger partial charge in [0, 0.05) is 17.6 Å². The van der Waals surface area contributed by atoms with E-state index in [9.17, 15) is 8.42 Å². The molecule has 0 amide bonds. The molecule has 1 heterocycles. The Kier molecular flexibility index (Phi) is 6.32. The van der Waals surface area contributed by atoms with E-state index in [-0.39, 0.29) is 12.0 Å². The molecule has 29 heavy (non-hydrogen) atoms. The molecule has 0 bridgehead atoms. The Balaban J connectivity index is 1.80. The van der Waals surface area contributed by atoms with Gasteiger partial charge in [-0.3, -0.25) is 3.97 Å². The van der Waals surface area contributed by atoms with Crippen molar-refractivity contribution in [1.29, 1.82) is 0 Å². The molecule has 3 aromatic rings. The number of rotatable bonds is 6. The number of nitrogens with zero attached hydrogens (tertiary/aromatic N) is 1. The van der Waals surface area contributed by atoms with E-state index in [1.807, 2.05) is 48.7 Å². The van der Waals surface area contributed by atoms with Crippen LogP contribution in [-0.4, -0.2) is 18.4 Å². The van der Waals surface area contributed by atoms with Gasteiger partial charge >= 0.3 is 0 Å². The van der Waals surface area contributed by atoms with E-state index >= 15 is 0 Å². The fraction of sp³-hybridized carbons (Fsp3) is 0.391. The predicted molar refractivity (Wildman–Crippen MR) is 121 cm³/mol. The maximum atomic E-state index is 13.4. The number of fused-ring (bicyclic) bond motifs is 1. The summed E-state index contributed by atoms with van der Waals surface area (Å²) in [4.78, 5) is 1.47. The third-order valence-electron chi connectivity index (χ3n) is 5.62.